The van der Waals surface area contributed by atoms with Gasteiger partial charge in [0.05, 0.1) is 11.7 Å². The number of benzene rings is 5. The molecule has 0 aliphatic carbocycles. The fraction of sp³-hybridized carbons (Fsp3) is 0.225. The van der Waals surface area contributed by atoms with E-state index in [4.69, 9.17) is 24.4 Å². The number of hydrogen-bond donors (Lipinski definition) is 13. The standard InChI is InChI=1S/C17H16O8.C15H14O7.C6H6O2.C2H6/c1-7-14(6-10-11(19)4-9(18)5-15(10)24-7)25-17(23)8-2-12(20)16(22)13(21)3-8;16-7-3-9(17)8-5-12(20)15(22-13(8)4-7)6-1-10(18)14(21)11(19)2-6;7-5-3-1-2-4-6(5)8;1-2/h2-5,7,14,18-22H,6H2,1H3;1-4,12,15-21H,5H2;1-4,7-8H;1-2H3/t7-,14?;12-,15-;;/m01../s1. The van der Waals surface area contributed by atoms with Gasteiger partial charge in [0.1, 0.15) is 46.7 Å². The highest BCUT2D eigenvalue weighted by Crippen LogP contribution is 2.45. The molecule has 2 aliphatic rings. The van der Waals surface area contributed by atoms with E-state index in [0.717, 1.165) is 36.4 Å². The van der Waals surface area contributed by atoms with Gasteiger partial charge in [0.25, 0.3) is 0 Å². The third-order valence-electron chi connectivity index (χ3n) is 8.46. The Morgan fingerprint density at radius 1 is 0.579 bits per heavy atom. The van der Waals surface area contributed by atoms with Crippen LogP contribution in [0.25, 0.3) is 0 Å². The third kappa shape index (κ3) is 9.89. The molecule has 0 amide bonds. The van der Waals surface area contributed by atoms with Crippen LogP contribution in [0, 0.1) is 0 Å². The molecular weight excluding hydrogens is 752 g/mol. The van der Waals surface area contributed by atoms with Crippen molar-refractivity contribution in [3.05, 3.63) is 95.1 Å². The first kappa shape index (κ1) is 42.5. The maximum Gasteiger partial charge on any atom is 0.338 e. The van der Waals surface area contributed by atoms with Gasteiger partial charge in [0, 0.05) is 53.8 Å². The average molecular weight is 795 g/mol. The van der Waals surface area contributed by atoms with Crippen LogP contribution in [0.3, 0.4) is 0 Å². The molecule has 304 valence electrons. The van der Waals surface area contributed by atoms with Crippen LogP contribution in [0.4, 0.5) is 0 Å². The first-order valence-electron chi connectivity index (χ1n) is 17.2. The Morgan fingerprint density at radius 2 is 1.02 bits per heavy atom. The van der Waals surface area contributed by atoms with Gasteiger partial charge < -0.3 is 80.6 Å². The largest absolute Gasteiger partial charge is 0.508 e. The van der Waals surface area contributed by atoms with Crippen LogP contribution < -0.4 is 9.47 Å². The SMILES string of the molecule is CC.C[C@@H]1Oc2cc(O)cc(O)c2CC1OC(=O)c1cc(O)c(O)c(O)c1.Oc1cc(O)c2c(c1)O[C@H](c1cc(O)c(O)c(O)c1)[C@H](O)C2.Oc1ccccc1O. The zero-order valence-electron chi connectivity index (χ0n) is 30.6. The van der Waals surface area contributed by atoms with Crippen molar-refractivity contribution in [3.63, 3.8) is 0 Å². The van der Waals surface area contributed by atoms with E-state index in [1.54, 1.807) is 19.1 Å². The van der Waals surface area contributed by atoms with Gasteiger partial charge in [0.2, 0.25) is 0 Å². The quantitative estimate of drug-likeness (QED) is 0.0830. The number of esters is 1. The second-order valence-corrected chi connectivity index (χ2v) is 12.4. The number of rotatable bonds is 3. The Labute approximate surface area is 324 Å². The van der Waals surface area contributed by atoms with Gasteiger partial charge in [-0.1, -0.05) is 26.0 Å². The highest BCUT2D eigenvalue weighted by molar-refractivity contribution is 5.91. The molecule has 2 aliphatic heterocycles. The lowest BCUT2D eigenvalue weighted by atomic mass is 9.93. The van der Waals surface area contributed by atoms with Crippen molar-refractivity contribution in [2.75, 3.05) is 0 Å². The van der Waals surface area contributed by atoms with Crippen molar-refractivity contribution in [1.82, 2.24) is 0 Å². The van der Waals surface area contributed by atoms with Crippen LogP contribution in [0.5, 0.6) is 80.5 Å². The van der Waals surface area contributed by atoms with Crippen LogP contribution in [-0.4, -0.2) is 90.7 Å². The molecule has 1 unspecified atom stereocenters. The molecule has 0 radical (unpaired) electrons. The first-order valence-corrected chi connectivity index (χ1v) is 17.2. The lowest BCUT2D eigenvalue weighted by Gasteiger charge is -2.31. The number of para-hydroxylation sites is 2. The molecule has 17 nitrogen and oxygen atoms in total. The molecular formula is C40H42O17. The van der Waals surface area contributed by atoms with Gasteiger partial charge in [-0.2, -0.15) is 0 Å². The molecule has 2 heterocycles. The lowest BCUT2D eigenvalue weighted by Crippen LogP contribution is -2.38. The van der Waals surface area contributed by atoms with Crippen LogP contribution in [-0.2, 0) is 17.6 Å². The minimum Gasteiger partial charge on any atom is -0.508 e. The fourth-order valence-corrected chi connectivity index (χ4v) is 5.64. The number of aliphatic hydroxyl groups excluding tert-OH is 1. The maximum absolute atomic E-state index is 12.2. The number of aliphatic hydroxyl groups is 1. The number of ether oxygens (including phenoxy) is 3. The summed E-state index contributed by atoms with van der Waals surface area (Å²) in [5.74, 6) is -5.00. The van der Waals surface area contributed by atoms with E-state index >= 15 is 0 Å². The van der Waals surface area contributed by atoms with Gasteiger partial charge in [-0.25, -0.2) is 4.79 Å². The lowest BCUT2D eigenvalue weighted by molar-refractivity contribution is -0.0121. The number of fused-ring (bicyclic) bond motifs is 2. The topological polar surface area (TPSA) is 308 Å². The van der Waals surface area contributed by atoms with Crippen molar-refractivity contribution < 1.29 is 85.4 Å². The summed E-state index contributed by atoms with van der Waals surface area (Å²) in [4.78, 5) is 12.2. The Kier molecular flexibility index (Phi) is 13.3. The van der Waals surface area contributed by atoms with Crippen LogP contribution in [0.2, 0.25) is 0 Å². The second kappa shape index (κ2) is 17.9. The van der Waals surface area contributed by atoms with E-state index in [2.05, 4.69) is 0 Å². The van der Waals surface area contributed by atoms with Gasteiger partial charge in [-0.15, -0.1) is 0 Å². The molecule has 0 spiro atoms. The third-order valence-corrected chi connectivity index (χ3v) is 8.46. The summed E-state index contributed by atoms with van der Waals surface area (Å²) in [6.07, 6.45) is -3.07. The average Bonchev–Trinajstić information content (AvgIpc) is 3.15. The minimum atomic E-state index is -1.05. The molecule has 13 N–H and O–H groups in total. The molecule has 0 fully saturated rings. The Morgan fingerprint density at radius 3 is 1.49 bits per heavy atom. The Bertz CT molecular complexity index is 2150. The van der Waals surface area contributed by atoms with Crippen LogP contribution in [0.1, 0.15) is 53.9 Å². The second-order valence-electron chi connectivity index (χ2n) is 12.4. The van der Waals surface area contributed by atoms with Gasteiger partial charge >= 0.3 is 5.97 Å². The van der Waals surface area contributed by atoms with E-state index < -0.39 is 64.9 Å². The summed E-state index contributed by atoms with van der Waals surface area (Å²) in [6.45, 7) is 5.66. The van der Waals surface area contributed by atoms with E-state index in [9.17, 15) is 61.0 Å². The molecule has 4 atom stereocenters. The summed E-state index contributed by atoms with van der Waals surface area (Å²) >= 11 is 0. The zero-order valence-corrected chi connectivity index (χ0v) is 30.6. The Balaban J connectivity index is 0.000000205. The number of carbonyl (C=O) groups is 1. The number of phenolic OH excluding ortho intramolecular Hbond substituents is 12. The van der Waals surface area contributed by atoms with Gasteiger partial charge in [-0.3, -0.25) is 0 Å². The molecule has 0 bridgehead atoms. The van der Waals surface area contributed by atoms with Crippen molar-refractivity contribution in [3.8, 4) is 80.5 Å². The number of hydrogen-bond acceptors (Lipinski definition) is 17. The number of aromatic hydroxyl groups is 12. The molecule has 17 heteroatoms. The maximum atomic E-state index is 12.2. The van der Waals surface area contributed by atoms with E-state index in [1.165, 1.54) is 24.3 Å². The van der Waals surface area contributed by atoms with E-state index in [-0.39, 0.29) is 64.2 Å². The van der Waals surface area contributed by atoms with Gasteiger partial charge in [-0.05, 0) is 43.3 Å². The van der Waals surface area contributed by atoms with E-state index in [0.29, 0.717) is 16.9 Å². The van der Waals surface area contributed by atoms with Crippen LogP contribution >= 0.6 is 0 Å². The van der Waals surface area contributed by atoms with E-state index in [1.807, 2.05) is 13.8 Å². The molecule has 7 rings (SSSR count). The highest BCUT2D eigenvalue weighted by atomic mass is 16.6. The molecule has 0 saturated carbocycles. The summed E-state index contributed by atoms with van der Waals surface area (Å²) in [7, 11) is 0. The zero-order chi connectivity index (χ0) is 42.3. The summed E-state index contributed by atoms with van der Waals surface area (Å²) < 4.78 is 16.5. The Hall–Kier alpha value is -7.27. The van der Waals surface area contributed by atoms with Crippen molar-refractivity contribution in [1.29, 1.82) is 0 Å². The molecule has 0 saturated heterocycles. The van der Waals surface area contributed by atoms with Crippen LogP contribution in [0.15, 0.2) is 72.8 Å². The molecule has 5 aromatic rings. The van der Waals surface area contributed by atoms with Gasteiger partial charge in [0.15, 0.2) is 52.1 Å². The summed E-state index contributed by atoms with van der Waals surface area (Å²) in [5.41, 5.74) is 0.841. The fourth-order valence-electron chi connectivity index (χ4n) is 5.64. The smallest absolute Gasteiger partial charge is 0.338 e. The molecule has 0 aromatic heterocycles. The normalized spacial score (nSPS) is 17.5. The number of carbonyl (C=O) groups excluding carboxylic acids is 1. The van der Waals surface area contributed by atoms with Crippen molar-refractivity contribution in [2.45, 2.75) is 58.0 Å². The minimum absolute atomic E-state index is 0.0640. The molecule has 5 aromatic carbocycles. The predicted molar refractivity (Wildman–Crippen MR) is 200 cm³/mol. The summed E-state index contributed by atoms with van der Waals surface area (Å²) in [6, 6.07) is 15.4. The first-order chi connectivity index (χ1) is 26.9. The highest BCUT2D eigenvalue weighted by Gasteiger charge is 2.34. The molecule has 57 heavy (non-hydrogen) atoms. The van der Waals surface area contributed by atoms with Crippen molar-refractivity contribution in [2.24, 2.45) is 0 Å². The monoisotopic (exact) mass is 794 g/mol. The predicted octanol–water partition coefficient (Wildman–Crippen LogP) is 5.14. The summed E-state index contributed by atoms with van der Waals surface area (Å²) in [5, 5.41) is 123. The van der Waals surface area contributed by atoms with Crippen molar-refractivity contribution >= 4 is 5.97 Å². The number of phenols is 12.